The number of nitrogens with zero attached hydrogens (tertiary/aromatic N) is 3. The zero-order valence-electron chi connectivity index (χ0n) is 9.02. The normalized spacial score (nSPS) is 15.9. The van der Waals surface area contributed by atoms with E-state index in [0.717, 1.165) is 26.2 Å². The summed E-state index contributed by atoms with van der Waals surface area (Å²) < 4.78 is 0. The molecule has 2 heterocycles. The molecule has 7 nitrogen and oxygen atoms in total. The van der Waals surface area contributed by atoms with E-state index in [1.165, 1.54) is 6.07 Å². The summed E-state index contributed by atoms with van der Waals surface area (Å²) in [6, 6.07) is 1.25. The SMILES string of the molecule is Nc1nc(N2CCNCC2)c(Cl)cc1[N+](=O)[O-]. The number of nitrogens with two attached hydrogens (primary N) is 1. The van der Waals surface area contributed by atoms with Gasteiger partial charge in [0.1, 0.15) is 5.82 Å². The monoisotopic (exact) mass is 257 g/mol. The van der Waals surface area contributed by atoms with E-state index in [9.17, 15) is 10.1 Å². The molecule has 1 aliphatic heterocycles. The Bertz CT molecular complexity index is 447. The Morgan fingerprint density at radius 3 is 2.76 bits per heavy atom. The quantitative estimate of drug-likeness (QED) is 0.596. The molecular weight excluding hydrogens is 246 g/mol. The van der Waals surface area contributed by atoms with Crippen molar-refractivity contribution >= 4 is 28.9 Å². The molecule has 1 aromatic heterocycles. The lowest BCUT2D eigenvalue weighted by Gasteiger charge is -2.29. The van der Waals surface area contributed by atoms with E-state index in [0.29, 0.717) is 5.82 Å². The van der Waals surface area contributed by atoms with E-state index in [2.05, 4.69) is 10.3 Å². The fourth-order valence-electron chi connectivity index (χ4n) is 1.73. The van der Waals surface area contributed by atoms with Gasteiger partial charge < -0.3 is 16.0 Å². The number of nitrogen functional groups attached to an aromatic ring is 1. The maximum Gasteiger partial charge on any atom is 0.312 e. The van der Waals surface area contributed by atoms with Crippen molar-refractivity contribution in [2.45, 2.75) is 0 Å². The summed E-state index contributed by atoms with van der Waals surface area (Å²) in [5.41, 5.74) is 5.29. The van der Waals surface area contributed by atoms with Crippen molar-refractivity contribution in [3.05, 3.63) is 21.2 Å². The number of anilines is 2. The van der Waals surface area contributed by atoms with Gasteiger partial charge in [-0.2, -0.15) is 0 Å². The van der Waals surface area contributed by atoms with Crippen LogP contribution in [0.3, 0.4) is 0 Å². The van der Waals surface area contributed by atoms with Crippen LogP contribution >= 0.6 is 11.6 Å². The Morgan fingerprint density at radius 2 is 2.18 bits per heavy atom. The number of nitro groups is 1. The Labute approximate surface area is 103 Å². The molecule has 0 bridgehead atoms. The van der Waals surface area contributed by atoms with Gasteiger partial charge in [-0.05, 0) is 0 Å². The van der Waals surface area contributed by atoms with Crippen LogP contribution in [0, 0.1) is 10.1 Å². The molecule has 0 spiro atoms. The molecule has 2 rings (SSSR count). The standard InChI is InChI=1S/C9H12ClN5O2/c10-6-5-7(15(16)17)8(11)13-9(6)14-3-1-12-2-4-14/h5,12H,1-4H2,(H2,11,13). The average molecular weight is 258 g/mol. The fraction of sp³-hybridized carbons (Fsp3) is 0.444. The lowest BCUT2D eigenvalue weighted by Crippen LogP contribution is -2.44. The summed E-state index contributed by atoms with van der Waals surface area (Å²) in [4.78, 5) is 16.1. The first-order chi connectivity index (χ1) is 8.09. The van der Waals surface area contributed by atoms with Crippen molar-refractivity contribution in [3.63, 3.8) is 0 Å². The van der Waals surface area contributed by atoms with Crippen molar-refractivity contribution in [1.29, 1.82) is 0 Å². The molecule has 0 atom stereocenters. The van der Waals surface area contributed by atoms with Crippen LogP contribution in [0.15, 0.2) is 6.07 Å². The van der Waals surface area contributed by atoms with Gasteiger partial charge in [0.2, 0.25) is 5.82 Å². The van der Waals surface area contributed by atoms with Crippen LogP contribution in [0.4, 0.5) is 17.3 Å². The second kappa shape index (κ2) is 4.72. The second-order valence-corrected chi connectivity index (χ2v) is 4.10. The summed E-state index contributed by atoms with van der Waals surface area (Å²) in [6.07, 6.45) is 0. The van der Waals surface area contributed by atoms with Crippen LogP contribution in [-0.2, 0) is 0 Å². The second-order valence-electron chi connectivity index (χ2n) is 3.69. The van der Waals surface area contributed by atoms with Crippen molar-refractivity contribution in [1.82, 2.24) is 10.3 Å². The first kappa shape index (κ1) is 11.9. The molecule has 1 aliphatic rings. The van der Waals surface area contributed by atoms with E-state index in [4.69, 9.17) is 17.3 Å². The molecule has 0 aliphatic carbocycles. The van der Waals surface area contributed by atoms with Gasteiger partial charge in [-0.25, -0.2) is 4.98 Å². The number of hydrogen-bond donors (Lipinski definition) is 2. The summed E-state index contributed by atoms with van der Waals surface area (Å²) in [5.74, 6) is 0.407. The van der Waals surface area contributed by atoms with E-state index in [1.54, 1.807) is 0 Å². The van der Waals surface area contributed by atoms with Gasteiger partial charge in [-0.3, -0.25) is 10.1 Å². The maximum atomic E-state index is 10.7. The number of halogens is 1. The fourth-order valence-corrected chi connectivity index (χ4v) is 1.99. The maximum absolute atomic E-state index is 10.7. The summed E-state index contributed by atoms with van der Waals surface area (Å²) in [7, 11) is 0. The predicted molar refractivity (Wildman–Crippen MR) is 65.4 cm³/mol. The molecule has 8 heteroatoms. The number of aromatic nitrogens is 1. The zero-order valence-corrected chi connectivity index (χ0v) is 9.78. The van der Waals surface area contributed by atoms with Crippen molar-refractivity contribution in [3.8, 4) is 0 Å². The van der Waals surface area contributed by atoms with Crippen LogP contribution in [0.2, 0.25) is 5.02 Å². The molecule has 17 heavy (non-hydrogen) atoms. The van der Waals surface area contributed by atoms with E-state index < -0.39 is 4.92 Å². The largest absolute Gasteiger partial charge is 0.378 e. The Morgan fingerprint density at radius 1 is 1.53 bits per heavy atom. The highest BCUT2D eigenvalue weighted by Gasteiger charge is 2.21. The van der Waals surface area contributed by atoms with Crippen LogP contribution in [-0.4, -0.2) is 36.1 Å². The van der Waals surface area contributed by atoms with Gasteiger partial charge in [0.25, 0.3) is 0 Å². The average Bonchev–Trinajstić information content (AvgIpc) is 2.32. The molecule has 0 unspecified atom stereocenters. The first-order valence-corrected chi connectivity index (χ1v) is 5.53. The van der Waals surface area contributed by atoms with Crippen LogP contribution < -0.4 is 16.0 Å². The van der Waals surface area contributed by atoms with Crippen LogP contribution in [0.25, 0.3) is 0 Å². The number of piperazine rings is 1. The molecule has 1 saturated heterocycles. The molecule has 0 aromatic carbocycles. The molecular formula is C9H12ClN5O2. The number of hydrogen-bond acceptors (Lipinski definition) is 6. The topological polar surface area (TPSA) is 97.3 Å². The molecule has 0 saturated carbocycles. The Balaban J connectivity index is 2.35. The molecule has 0 amide bonds. The lowest BCUT2D eigenvalue weighted by molar-refractivity contribution is -0.384. The minimum atomic E-state index is -0.588. The third-order valence-electron chi connectivity index (χ3n) is 2.58. The van der Waals surface area contributed by atoms with Gasteiger partial charge >= 0.3 is 5.69 Å². The van der Waals surface area contributed by atoms with Gasteiger partial charge in [0, 0.05) is 32.2 Å². The van der Waals surface area contributed by atoms with Crippen LogP contribution in [0.5, 0.6) is 0 Å². The molecule has 0 radical (unpaired) electrons. The molecule has 3 N–H and O–H groups in total. The first-order valence-electron chi connectivity index (χ1n) is 5.15. The van der Waals surface area contributed by atoms with Gasteiger partial charge in [0.15, 0.2) is 0 Å². The van der Waals surface area contributed by atoms with E-state index in [1.807, 2.05) is 4.90 Å². The lowest BCUT2D eigenvalue weighted by atomic mass is 10.3. The molecule has 92 valence electrons. The predicted octanol–water partition coefficient (Wildman–Crippen LogP) is 0.635. The number of nitrogens with one attached hydrogen (secondary N) is 1. The highest BCUT2D eigenvalue weighted by molar-refractivity contribution is 6.33. The molecule has 1 aromatic rings. The highest BCUT2D eigenvalue weighted by atomic mass is 35.5. The van der Waals surface area contributed by atoms with Crippen molar-refractivity contribution in [2.24, 2.45) is 0 Å². The van der Waals surface area contributed by atoms with Crippen molar-refractivity contribution in [2.75, 3.05) is 36.8 Å². The Kier molecular flexibility index (Phi) is 3.30. The zero-order chi connectivity index (χ0) is 12.4. The summed E-state index contributed by atoms with van der Waals surface area (Å²) >= 11 is 5.99. The summed E-state index contributed by atoms with van der Waals surface area (Å²) in [6.45, 7) is 3.16. The number of pyridine rings is 1. The number of rotatable bonds is 2. The third-order valence-corrected chi connectivity index (χ3v) is 2.86. The van der Waals surface area contributed by atoms with Crippen LogP contribution in [0.1, 0.15) is 0 Å². The van der Waals surface area contributed by atoms with E-state index >= 15 is 0 Å². The minimum Gasteiger partial charge on any atom is -0.378 e. The highest BCUT2D eigenvalue weighted by Crippen LogP contribution is 2.31. The smallest absolute Gasteiger partial charge is 0.312 e. The van der Waals surface area contributed by atoms with Gasteiger partial charge in [0.05, 0.1) is 9.95 Å². The minimum absolute atomic E-state index is 0.104. The Hall–Kier alpha value is -1.60. The molecule has 1 fully saturated rings. The van der Waals surface area contributed by atoms with Gasteiger partial charge in [-0.15, -0.1) is 0 Å². The third kappa shape index (κ3) is 2.40. The van der Waals surface area contributed by atoms with E-state index in [-0.39, 0.29) is 16.5 Å². The van der Waals surface area contributed by atoms with Gasteiger partial charge in [-0.1, -0.05) is 11.6 Å². The summed E-state index contributed by atoms with van der Waals surface area (Å²) in [5, 5.41) is 14.1. The van der Waals surface area contributed by atoms with Crippen molar-refractivity contribution < 1.29 is 4.92 Å².